The Kier molecular flexibility index (Phi) is 5.88. The Morgan fingerprint density at radius 3 is 2.74 bits per heavy atom. The Bertz CT molecular complexity index is 1010. The van der Waals surface area contributed by atoms with Crippen LogP contribution in [0.25, 0.3) is 11.0 Å². The van der Waals surface area contributed by atoms with Gasteiger partial charge in [-0.05, 0) is 36.8 Å². The van der Waals surface area contributed by atoms with Gasteiger partial charge in [-0.1, -0.05) is 25.1 Å². The van der Waals surface area contributed by atoms with Crippen LogP contribution in [0.2, 0.25) is 0 Å². The van der Waals surface area contributed by atoms with Crippen molar-refractivity contribution < 1.29 is 13.2 Å². The van der Waals surface area contributed by atoms with E-state index < -0.39 is 10.0 Å². The lowest BCUT2D eigenvalue weighted by Crippen LogP contribution is -2.26. The SMILES string of the molecule is CCNS(=O)(=O)c1cccc(C(=O)NCCCc2nc3ccccc3[nH]2)c1. The number of carbonyl (C=O) groups excluding carboxylic acids is 1. The molecule has 1 aromatic heterocycles. The highest BCUT2D eigenvalue weighted by atomic mass is 32.2. The van der Waals surface area contributed by atoms with Gasteiger partial charge in [-0.15, -0.1) is 0 Å². The topological polar surface area (TPSA) is 104 Å². The second-order valence-corrected chi connectivity index (χ2v) is 7.86. The van der Waals surface area contributed by atoms with Gasteiger partial charge in [-0.2, -0.15) is 0 Å². The number of nitrogens with one attached hydrogen (secondary N) is 3. The van der Waals surface area contributed by atoms with Gasteiger partial charge in [0, 0.05) is 25.1 Å². The molecular formula is C19H22N4O3S. The fourth-order valence-electron chi connectivity index (χ4n) is 2.76. The number of rotatable bonds is 8. The van der Waals surface area contributed by atoms with Crippen LogP contribution < -0.4 is 10.0 Å². The first-order valence-electron chi connectivity index (χ1n) is 8.81. The quantitative estimate of drug-likeness (QED) is 0.516. The van der Waals surface area contributed by atoms with Crippen molar-refractivity contribution >= 4 is 27.0 Å². The van der Waals surface area contributed by atoms with Gasteiger partial charge in [0.05, 0.1) is 15.9 Å². The first-order chi connectivity index (χ1) is 13.0. The van der Waals surface area contributed by atoms with E-state index >= 15 is 0 Å². The van der Waals surface area contributed by atoms with Gasteiger partial charge in [0.1, 0.15) is 5.82 Å². The van der Waals surface area contributed by atoms with Gasteiger partial charge in [-0.25, -0.2) is 18.1 Å². The van der Waals surface area contributed by atoms with Crippen molar-refractivity contribution in [3.63, 3.8) is 0 Å². The third-order valence-electron chi connectivity index (χ3n) is 4.06. The molecule has 0 fully saturated rings. The smallest absolute Gasteiger partial charge is 0.251 e. The average Bonchev–Trinajstić information content (AvgIpc) is 3.08. The molecule has 2 aromatic carbocycles. The number of amides is 1. The van der Waals surface area contributed by atoms with E-state index in [0.717, 1.165) is 23.3 Å². The van der Waals surface area contributed by atoms with Crippen molar-refractivity contribution in [2.45, 2.75) is 24.7 Å². The van der Waals surface area contributed by atoms with Gasteiger partial charge < -0.3 is 10.3 Å². The molecule has 1 heterocycles. The van der Waals surface area contributed by atoms with E-state index in [-0.39, 0.29) is 10.8 Å². The number of nitrogens with zero attached hydrogens (tertiary/aromatic N) is 1. The van der Waals surface area contributed by atoms with Gasteiger partial charge in [0.15, 0.2) is 0 Å². The molecule has 1 amide bonds. The summed E-state index contributed by atoms with van der Waals surface area (Å²) in [6, 6.07) is 13.8. The highest BCUT2D eigenvalue weighted by Crippen LogP contribution is 2.12. The number of carbonyl (C=O) groups is 1. The lowest BCUT2D eigenvalue weighted by atomic mass is 10.2. The number of hydrogen-bond donors (Lipinski definition) is 3. The molecule has 0 aliphatic rings. The van der Waals surface area contributed by atoms with E-state index in [1.165, 1.54) is 12.1 Å². The zero-order valence-corrected chi connectivity index (χ0v) is 15.8. The molecule has 7 nitrogen and oxygen atoms in total. The van der Waals surface area contributed by atoms with Crippen molar-refractivity contribution in [3.05, 3.63) is 59.9 Å². The van der Waals surface area contributed by atoms with Crippen LogP contribution in [0, 0.1) is 0 Å². The maximum absolute atomic E-state index is 12.3. The molecule has 0 spiro atoms. The average molecular weight is 386 g/mol. The minimum Gasteiger partial charge on any atom is -0.352 e. The van der Waals surface area contributed by atoms with Crippen LogP contribution in [-0.2, 0) is 16.4 Å². The van der Waals surface area contributed by atoms with Crippen molar-refractivity contribution in [2.75, 3.05) is 13.1 Å². The summed E-state index contributed by atoms with van der Waals surface area (Å²) in [6.07, 6.45) is 1.44. The predicted octanol–water partition coefficient (Wildman–Crippen LogP) is 2.22. The third-order valence-corrected chi connectivity index (χ3v) is 5.60. The van der Waals surface area contributed by atoms with Crippen LogP contribution in [0.5, 0.6) is 0 Å². The standard InChI is InChI=1S/C19H22N4O3S/c1-2-21-27(25,26)15-8-5-7-14(13-15)19(24)20-12-6-11-18-22-16-9-3-4-10-17(16)23-18/h3-5,7-10,13,21H,2,6,11-12H2,1H3,(H,20,24)(H,22,23). The molecule has 0 unspecified atom stereocenters. The maximum Gasteiger partial charge on any atom is 0.251 e. The molecule has 0 saturated heterocycles. The second kappa shape index (κ2) is 8.32. The van der Waals surface area contributed by atoms with E-state index in [9.17, 15) is 13.2 Å². The van der Waals surface area contributed by atoms with E-state index in [2.05, 4.69) is 20.0 Å². The summed E-state index contributed by atoms with van der Waals surface area (Å²) >= 11 is 0. The van der Waals surface area contributed by atoms with Crippen molar-refractivity contribution in [3.8, 4) is 0 Å². The Labute approximate surface area is 158 Å². The Morgan fingerprint density at radius 1 is 1.15 bits per heavy atom. The second-order valence-electron chi connectivity index (χ2n) is 6.09. The van der Waals surface area contributed by atoms with E-state index in [1.54, 1.807) is 19.1 Å². The number of aromatic nitrogens is 2. The zero-order valence-electron chi connectivity index (χ0n) is 15.0. The normalized spacial score (nSPS) is 11.6. The molecule has 3 N–H and O–H groups in total. The van der Waals surface area contributed by atoms with Gasteiger partial charge >= 0.3 is 0 Å². The molecule has 3 rings (SSSR count). The number of sulfonamides is 1. The summed E-state index contributed by atoms with van der Waals surface area (Å²) in [6.45, 7) is 2.47. The minimum atomic E-state index is -3.58. The fourth-order valence-corrected chi connectivity index (χ4v) is 3.85. The van der Waals surface area contributed by atoms with E-state index in [1.807, 2.05) is 24.3 Å². The zero-order chi connectivity index (χ0) is 19.3. The lowest BCUT2D eigenvalue weighted by molar-refractivity contribution is 0.0953. The Morgan fingerprint density at radius 2 is 1.96 bits per heavy atom. The molecule has 8 heteroatoms. The summed E-state index contributed by atoms with van der Waals surface area (Å²) in [5.74, 6) is 0.581. The number of para-hydroxylation sites is 2. The predicted molar refractivity (Wildman–Crippen MR) is 104 cm³/mol. The number of benzene rings is 2. The van der Waals surface area contributed by atoms with Crippen molar-refractivity contribution in [1.82, 2.24) is 20.0 Å². The Balaban J connectivity index is 1.55. The summed E-state index contributed by atoms with van der Waals surface area (Å²) in [7, 11) is -3.58. The van der Waals surface area contributed by atoms with E-state index in [4.69, 9.17) is 0 Å². The summed E-state index contributed by atoms with van der Waals surface area (Å²) in [5, 5.41) is 2.82. The van der Waals surface area contributed by atoms with Crippen LogP contribution in [0.3, 0.4) is 0 Å². The molecule has 3 aromatic rings. The highest BCUT2D eigenvalue weighted by Gasteiger charge is 2.15. The van der Waals surface area contributed by atoms with Crippen LogP contribution in [0.4, 0.5) is 0 Å². The van der Waals surface area contributed by atoms with Crippen molar-refractivity contribution in [2.24, 2.45) is 0 Å². The number of aromatic amines is 1. The molecule has 0 saturated carbocycles. The number of imidazole rings is 1. The van der Waals surface area contributed by atoms with Crippen LogP contribution in [-0.4, -0.2) is 37.4 Å². The van der Waals surface area contributed by atoms with Crippen LogP contribution >= 0.6 is 0 Å². The van der Waals surface area contributed by atoms with Crippen LogP contribution in [0.15, 0.2) is 53.4 Å². The minimum absolute atomic E-state index is 0.0827. The summed E-state index contributed by atoms with van der Waals surface area (Å²) in [5.41, 5.74) is 2.24. The molecule has 0 aliphatic carbocycles. The molecule has 0 aliphatic heterocycles. The van der Waals surface area contributed by atoms with Gasteiger partial charge in [0.25, 0.3) is 5.91 Å². The van der Waals surface area contributed by atoms with Crippen LogP contribution in [0.1, 0.15) is 29.5 Å². The van der Waals surface area contributed by atoms with E-state index in [0.29, 0.717) is 25.1 Å². The Hall–Kier alpha value is -2.71. The number of aryl methyl sites for hydroxylation is 1. The summed E-state index contributed by atoms with van der Waals surface area (Å²) in [4.78, 5) is 20.1. The summed E-state index contributed by atoms with van der Waals surface area (Å²) < 4.78 is 26.5. The molecule has 27 heavy (non-hydrogen) atoms. The molecular weight excluding hydrogens is 364 g/mol. The maximum atomic E-state index is 12.3. The number of fused-ring (bicyclic) bond motifs is 1. The third kappa shape index (κ3) is 4.72. The lowest BCUT2D eigenvalue weighted by Gasteiger charge is -2.08. The molecule has 0 radical (unpaired) electrons. The fraction of sp³-hybridized carbons (Fsp3) is 0.263. The molecule has 142 valence electrons. The highest BCUT2D eigenvalue weighted by molar-refractivity contribution is 7.89. The van der Waals surface area contributed by atoms with Gasteiger partial charge in [0.2, 0.25) is 10.0 Å². The largest absolute Gasteiger partial charge is 0.352 e. The number of hydrogen-bond acceptors (Lipinski definition) is 4. The van der Waals surface area contributed by atoms with Crippen molar-refractivity contribution in [1.29, 1.82) is 0 Å². The monoisotopic (exact) mass is 386 g/mol. The first-order valence-corrected chi connectivity index (χ1v) is 10.3. The molecule has 0 bridgehead atoms. The number of H-pyrrole nitrogens is 1. The molecule has 0 atom stereocenters. The first kappa shape index (κ1) is 19.1. The van der Waals surface area contributed by atoms with Gasteiger partial charge in [-0.3, -0.25) is 4.79 Å².